The normalized spacial score (nSPS) is 28.2. The zero-order valence-corrected chi connectivity index (χ0v) is 33.5. The van der Waals surface area contributed by atoms with Crippen molar-refractivity contribution in [3.63, 3.8) is 0 Å². The molecule has 2 unspecified atom stereocenters. The van der Waals surface area contributed by atoms with E-state index in [0.29, 0.717) is 12.3 Å². The zero-order chi connectivity index (χ0) is 42.5. The zero-order valence-electron chi connectivity index (χ0n) is 29.9. The number of nitrogen functional groups attached to an aromatic ring is 1. The highest BCUT2D eigenvalue weighted by atomic mass is 32.1. The number of rotatable bonds is 21. The lowest BCUT2D eigenvalue weighted by Gasteiger charge is -2.30. The van der Waals surface area contributed by atoms with Gasteiger partial charge in [0.25, 0.3) is 0 Å². The van der Waals surface area contributed by atoms with Gasteiger partial charge in [0.1, 0.15) is 54.6 Å². The Bertz CT molecular complexity index is 1860. The van der Waals surface area contributed by atoms with E-state index in [9.17, 15) is 53.5 Å². The summed E-state index contributed by atoms with van der Waals surface area (Å²) in [7, 11) is -16.1. The van der Waals surface area contributed by atoms with Gasteiger partial charge >= 0.3 is 23.5 Å². The second-order valence-corrected chi connectivity index (χ2v) is 17.9. The molecule has 2 aliphatic heterocycles. The molecule has 0 radical (unpaired) electrons. The Balaban J connectivity index is 1.40. The molecule has 0 aromatic carbocycles. The van der Waals surface area contributed by atoms with Crippen LogP contribution in [0.3, 0.4) is 0 Å². The van der Waals surface area contributed by atoms with Crippen LogP contribution in [0.4, 0.5) is 5.82 Å². The van der Waals surface area contributed by atoms with Gasteiger partial charge in [-0.3, -0.25) is 27.7 Å². The molecule has 0 saturated carbocycles. The van der Waals surface area contributed by atoms with Crippen LogP contribution in [0.2, 0.25) is 0 Å². The lowest BCUT2D eigenvalue weighted by Crippen LogP contribution is -2.46. The van der Waals surface area contributed by atoms with Gasteiger partial charge in [-0.1, -0.05) is 13.8 Å². The number of amides is 2. The Labute approximate surface area is 328 Å². The number of ether oxygens (including phenoxy) is 3. The third-order valence-electron chi connectivity index (χ3n) is 8.27. The number of phosphoric acid groups is 3. The number of imidazole rings is 1. The van der Waals surface area contributed by atoms with Gasteiger partial charge in [-0.05, 0) is 0 Å². The quantitative estimate of drug-likeness (QED) is 0.0433. The third-order valence-corrected chi connectivity index (χ3v) is 11.6. The highest BCUT2D eigenvalue weighted by molar-refractivity contribution is 7.80. The standard InChI is InChI=1S/C26H44N7O20P3S/c1-26(2,20(38)23(39)29-4-3-14(34)28-5-6-57)9-49-56(45,46)53-55(43,44)48-8-13-17(36)19(24(50-13)33-11-32-15-21(27)30-10-31-22(15)33)52-25-18(37)16(35)12(51-25)7-47-54(40,41)42/h10-13,16-20,24-25,35-38,57H,3-9H2,1-2H3,(H,28,34)(H,29,39)(H,43,44)(H,45,46)(H2,27,30,31)(H2,40,41,42)/t12-,13-,16-,17-,18-,19-,20+,24-,25+/m1/s1. The number of aliphatic hydroxyl groups is 4. The Hall–Kier alpha value is -2.27. The smallest absolute Gasteiger partial charge is 0.387 e. The van der Waals surface area contributed by atoms with E-state index in [1.165, 1.54) is 18.4 Å². The fourth-order valence-corrected chi connectivity index (χ4v) is 7.98. The highest BCUT2D eigenvalue weighted by Crippen LogP contribution is 2.61. The van der Waals surface area contributed by atoms with Crippen LogP contribution in [0.5, 0.6) is 0 Å². The third kappa shape index (κ3) is 12.9. The van der Waals surface area contributed by atoms with Crippen LogP contribution in [-0.4, -0.2) is 159 Å². The molecule has 57 heavy (non-hydrogen) atoms. The second kappa shape index (κ2) is 19.4. The Morgan fingerprint density at radius 3 is 2.26 bits per heavy atom. The van der Waals surface area contributed by atoms with Crippen LogP contribution in [0.25, 0.3) is 11.2 Å². The van der Waals surface area contributed by atoms with Gasteiger partial charge in [0.15, 0.2) is 24.0 Å². The molecule has 0 bridgehead atoms. The molecule has 2 saturated heterocycles. The van der Waals surface area contributed by atoms with Crippen LogP contribution in [0.1, 0.15) is 26.5 Å². The number of nitrogens with two attached hydrogens (primary N) is 1. The van der Waals surface area contributed by atoms with Crippen molar-refractivity contribution in [1.29, 1.82) is 0 Å². The molecule has 0 spiro atoms. The Morgan fingerprint density at radius 1 is 0.947 bits per heavy atom. The van der Waals surface area contributed by atoms with Crippen molar-refractivity contribution >= 4 is 64.9 Å². The predicted octanol–water partition coefficient (Wildman–Crippen LogP) is -3.20. The van der Waals surface area contributed by atoms with E-state index in [4.69, 9.17) is 38.8 Å². The van der Waals surface area contributed by atoms with Gasteiger partial charge in [-0.15, -0.1) is 0 Å². The molecule has 31 heteroatoms. The molecule has 2 amide bonds. The summed E-state index contributed by atoms with van der Waals surface area (Å²) in [5, 5.41) is 47.6. The topological polar surface area (TPSA) is 405 Å². The lowest BCUT2D eigenvalue weighted by molar-refractivity contribution is -0.219. The van der Waals surface area contributed by atoms with Crippen LogP contribution in [0, 0.1) is 5.41 Å². The van der Waals surface area contributed by atoms with E-state index in [2.05, 4.69) is 47.0 Å². The molecule has 2 aliphatic rings. The molecule has 2 aromatic rings. The van der Waals surface area contributed by atoms with Gasteiger partial charge in [-0.2, -0.15) is 16.9 Å². The average Bonchev–Trinajstić information content (AvgIpc) is 3.77. The maximum atomic E-state index is 12.8. The molecular weight excluding hydrogens is 855 g/mol. The van der Waals surface area contributed by atoms with E-state index in [1.807, 2.05) is 0 Å². The molecule has 0 aliphatic carbocycles. The van der Waals surface area contributed by atoms with Gasteiger partial charge in [-0.25, -0.2) is 28.6 Å². The molecule has 11 atom stereocenters. The maximum Gasteiger partial charge on any atom is 0.481 e. The number of phosphoric ester groups is 3. The summed E-state index contributed by atoms with van der Waals surface area (Å²) >= 11 is 3.96. The molecule has 27 nitrogen and oxygen atoms in total. The first kappa shape index (κ1) is 47.4. The van der Waals surface area contributed by atoms with Crippen molar-refractivity contribution in [2.24, 2.45) is 5.41 Å². The van der Waals surface area contributed by atoms with E-state index >= 15 is 0 Å². The summed E-state index contributed by atoms with van der Waals surface area (Å²) in [5.74, 6) is -0.993. The number of hydrogen-bond acceptors (Lipinski definition) is 21. The number of carbonyl (C=O) groups excluding carboxylic acids is 2. The lowest BCUT2D eigenvalue weighted by atomic mass is 9.87. The van der Waals surface area contributed by atoms with E-state index in [-0.39, 0.29) is 35.9 Å². The first-order valence-corrected chi connectivity index (χ1v) is 21.7. The van der Waals surface area contributed by atoms with Crippen molar-refractivity contribution in [2.75, 3.05) is 44.4 Å². The molecule has 324 valence electrons. The van der Waals surface area contributed by atoms with Gasteiger partial charge in [0, 0.05) is 30.7 Å². The van der Waals surface area contributed by atoms with Crippen LogP contribution >= 0.6 is 36.1 Å². The minimum absolute atomic E-state index is 0.0306. The molecule has 2 fully saturated rings. The van der Waals surface area contributed by atoms with Crippen LogP contribution in [0.15, 0.2) is 12.7 Å². The number of carbonyl (C=O) groups is 2. The largest absolute Gasteiger partial charge is 0.481 e. The molecule has 4 heterocycles. The number of nitrogens with zero attached hydrogens (tertiary/aromatic N) is 4. The van der Waals surface area contributed by atoms with Crippen molar-refractivity contribution in [3.8, 4) is 0 Å². The minimum atomic E-state index is -5.56. The van der Waals surface area contributed by atoms with Crippen molar-refractivity contribution in [1.82, 2.24) is 30.2 Å². The first-order valence-electron chi connectivity index (χ1n) is 16.6. The van der Waals surface area contributed by atoms with Gasteiger partial charge in [0.05, 0.1) is 26.1 Å². The first-order chi connectivity index (χ1) is 26.4. The number of nitrogens with one attached hydrogen (secondary N) is 2. The van der Waals surface area contributed by atoms with E-state index in [1.54, 1.807) is 0 Å². The van der Waals surface area contributed by atoms with Crippen molar-refractivity contribution in [2.45, 2.75) is 75.5 Å². The number of hydrogen-bond donors (Lipinski definition) is 12. The summed E-state index contributed by atoms with van der Waals surface area (Å²) in [6, 6.07) is 0. The van der Waals surface area contributed by atoms with Crippen molar-refractivity contribution in [3.05, 3.63) is 12.7 Å². The molecule has 2 aromatic heterocycles. The minimum Gasteiger partial charge on any atom is -0.387 e. The van der Waals surface area contributed by atoms with Crippen molar-refractivity contribution < 1.29 is 95.4 Å². The summed E-state index contributed by atoms with van der Waals surface area (Å²) in [6.45, 7) is -0.144. The fraction of sp³-hybridized carbons (Fsp3) is 0.731. The number of fused-ring (bicyclic) bond motifs is 1. The maximum absolute atomic E-state index is 12.8. The van der Waals surface area contributed by atoms with Gasteiger partial charge < -0.3 is 70.6 Å². The summed E-state index contributed by atoms with van der Waals surface area (Å²) < 4.78 is 73.1. The predicted molar refractivity (Wildman–Crippen MR) is 190 cm³/mol. The summed E-state index contributed by atoms with van der Waals surface area (Å²) in [5.41, 5.74) is 4.37. The molecule has 4 rings (SSSR count). The monoisotopic (exact) mass is 899 g/mol. The Kier molecular flexibility index (Phi) is 16.1. The SMILES string of the molecule is CC(C)(COP(=O)(O)OP(=O)(O)OC[C@H]1O[C@@H](n2cnc3c(N)ncnc32)[C@H](O[C@@H]2O[C@H](COP(=O)(O)O)[C@@H](O)[C@H]2O)[C@@H]1O)[C@@H](O)C(=O)NCCC(=O)NCCS. The number of thiol groups is 1. The summed E-state index contributed by atoms with van der Waals surface area (Å²) in [6.07, 6.45) is -13.4. The number of aliphatic hydroxyl groups excluding tert-OH is 4. The molecule has 12 N–H and O–H groups in total. The van der Waals surface area contributed by atoms with Crippen LogP contribution in [-0.2, 0) is 55.4 Å². The second-order valence-electron chi connectivity index (χ2n) is 13.1. The number of anilines is 1. The highest BCUT2D eigenvalue weighted by Gasteiger charge is 2.52. The van der Waals surface area contributed by atoms with E-state index in [0.717, 1.165) is 12.7 Å². The molecular formula is C26H44N7O20P3S. The average molecular weight is 900 g/mol. The summed E-state index contributed by atoms with van der Waals surface area (Å²) in [4.78, 5) is 74.7. The van der Waals surface area contributed by atoms with E-state index < -0.39 is 110 Å². The van der Waals surface area contributed by atoms with Crippen LogP contribution < -0.4 is 16.4 Å². The Morgan fingerprint density at radius 2 is 1.60 bits per heavy atom. The number of aromatic nitrogens is 4. The fourth-order valence-electron chi connectivity index (χ4n) is 5.28. The van der Waals surface area contributed by atoms with Gasteiger partial charge in [0.2, 0.25) is 11.8 Å².